The van der Waals surface area contributed by atoms with Crippen LogP contribution in [0.15, 0.2) is 66.9 Å². The van der Waals surface area contributed by atoms with Crippen LogP contribution in [0.1, 0.15) is 34.3 Å². The lowest BCUT2D eigenvalue weighted by Crippen LogP contribution is -2.59. The molecule has 2 fully saturated rings. The highest BCUT2D eigenvalue weighted by atomic mass is 16.3. The van der Waals surface area contributed by atoms with Crippen LogP contribution in [0, 0.1) is 6.92 Å². The number of aromatic nitrogens is 3. The van der Waals surface area contributed by atoms with Gasteiger partial charge in [-0.15, -0.1) is 5.10 Å². The van der Waals surface area contributed by atoms with Crippen LogP contribution in [-0.2, 0) is 10.4 Å². The van der Waals surface area contributed by atoms with Gasteiger partial charge in [0.15, 0.2) is 5.65 Å². The Labute approximate surface area is 251 Å². The van der Waals surface area contributed by atoms with Gasteiger partial charge in [-0.3, -0.25) is 9.59 Å². The highest BCUT2D eigenvalue weighted by molar-refractivity contribution is 5.98. The second-order valence-electron chi connectivity index (χ2n) is 11.6. The van der Waals surface area contributed by atoms with Crippen LogP contribution in [-0.4, -0.2) is 94.2 Å². The van der Waals surface area contributed by atoms with E-state index in [0.717, 1.165) is 22.6 Å². The summed E-state index contributed by atoms with van der Waals surface area (Å²) in [7, 11) is 3.54. The third-order valence-electron chi connectivity index (χ3n) is 8.64. The lowest BCUT2D eigenvalue weighted by atomic mass is 9.84. The predicted molar refractivity (Wildman–Crippen MR) is 166 cm³/mol. The second kappa shape index (κ2) is 11.7. The fraction of sp³-hybridized carbons (Fsp3) is 0.375. The van der Waals surface area contributed by atoms with E-state index in [1.54, 1.807) is 28.6 Å². The summed E-state index contributed by atoms with van der Waals surface area (Å²) in [6, 6.07) is 18.8. The summed E-state index contributed by atoms with van der Waals surface area (Å²) in [5.74, 6) is 0.111. The summed E-state index contributed by atoms with van der Waals surface area (Å²) < 4.78 is 1.75. The van der Waals surface area contributed by atoms with Gasteiger partial charge in [0.2, 0.25) is 11.9 Å². The number of aliphatic hydroxyl groups is 1. The van der Waals surface area contributed by atoms with E-state index in [1.165, 1.54) is 5.56 Å². The zero-order valence-corrected chi connectivity index (χ0v) is 24.8. The summed E-state index contributed by atoms with van der Waals surface area (Å²) >= 11 is 0. The van der Waals surface area contributed by atoms with E-state index in [1.807, 2.05) is 61.8 Å². The van der Waals surface area contributed by atoms with E-state index in [-0.39, 0.29) is 11.8 Å². The molecule has 2 saturated heterocycles. The number of fused-ring (bicyclic) bond motifs is 1. The van der Waals surface area contributed by atoms with Gasteiger partial charge in [-0.1, -0.05) is 29.8 Å². The minimum absolute atomic E-state index is 0.165. The van der Waals surface area contributed by atoms with Gasteiger partial charge in [-0.2, -0.15) is 4.98 Å². The van der Waals surface area contributed by atoms with Crippen molar-refractivity contribution in [1.82, 2.24) is 29.7 Å². The number of amides is 2. The number of rotatable bonds is 6. The molecule has 2 amide bonds. The van der Waals surface area contributed by atoms with Crippen LogP contribution < -0.4 is 15.5 Å². The third-order valence-corrected chi connectivity index (χ3v) is 8.64. The average molecular weight is 583 g/mol. The van der Waals surface area contributed by atoms with E-state index < -0.39 is 11.6 Å². The number of carbonyl (C=O) groups is 2. The maximum atomic E-state index is 13.3. The molecule has 11 heteroatoms. The molecule has 0 spiro atoms. The molecular weight excluding hydrogens is 544 g/mol. The van der Waals surface area contributed by atoms with E-state index in [2.05, 4.69) is 32.5 Å². The van der Waals surface area contributed by atoms with Gasteiger partial charge < -0.3 is 30.4 Å². The van der Waals surface area contributed by atoms with Gasteiger partial charge in [-0.05, 0) is 68.8 Å². The van der Waals surface area contributed by atoms with E-state index in [4.69, 9.17) is 4.98 Å². The maximum absolute atomic E-state index is 13.3. The molecule has 4 aromatic rings. The molecule has 0 radical (unpaired) electrons. The number of hydrogen-bond acceptors (Lipinski definition) is 8. The molecular formula is C32H38N8O3. The predicted octanol–water partition coefficient (Wildman–Crippen LogP) is 2.77. The molecule has 2 aliphatic heterocycles. The number of carbonyl (C=O) groups excluding carboxylic acids is 2. The van der Waals surface area contributed by atoms with E-state index in [9.17, 15) is 14.7 Å². The molecule has 1 unspecified atom stereocenters. The molecule has 2 aromatic heterocycles. The molecule has 224 valence electrons. The van der Waals surface area contributed by atoms with Crippen molar-refractivity contribution in [3.05, 3.63) is 83.6 Å². The summed E-state index contributed by atoms with van der Waals surface area (Å²) in [6.07, 6.45) is 3.11. The van der Waals surface area contributed by atoms with Gasteiger partial charge in [0.25, 0.3) is 5.91 Å². The van der Waals surface area contributed by atoms with Crippen LogP contribution >= 0.6 is 0 Å². The number of piperazine rings is 1. The van der Waals surface area contributed by atoms with Crippen molar-refractivity contribution < 1.29 is 14.7 Å². The Kier molecular flexibility index (Phi) is 7.76. The van der Waals surface area contributed by atoms with Gasteiger partial charge >= 0.3 is 0 Å². The molecule has 43 heavy (non-hydrogen) atoms. The largest absolute Gasteiger partial charge is 0.385 e. The summed E-state index contributed by atoms with van der Waals surface area (Å²) in [4.78, 5) is 36.5. The number of benzene rings is 2. The first-order valence-corrected chi connectivity index (χ1v) is 14.7. The average Bonchev–Trinajstić information content (AvgIpc) is 3.44. The Hall–Kier alpha value is -4.48. The number of anilines is 3. The molecule has 2 aromatic carbocycles. The first kappa shape index (κ1) is 28.6. The zero-order chi connectivity index (χ0) is 30.1. The summed E-state index contributed by atoms with van der Waals surface area (Å²) in [6.45, 7) is 5.15. The standard InChI is InChI=1S/C32H38N8O3/c1-22-6-10-24(11-7-22)32(43)14-17-38(18-15-32)26-5-4-16-40-28(26)35-31(36-40)34-25-12-8-23(9-13-25)30(42)39-20-19-37(3)21-27(39)29(41)33-2/h4-13,16,27,43H,14-15,17-21H2,1-3H3,(H,33,41)(H,34,36). The van der Waals surface area contributed by atoms with Crippen LogP contribution in [0.4, 0.5) is 17.3 Å². The lowest BCUT2D eigenvalue weighted by molar-refractivity contribution is -0.126. The fourth-order valence-corrected chi connectivity index (χ4v) is 6.01. The molecule has 3 N–H and O–H groups in total. The lowest BCUT2D eigenvalue weighted by Gasteiger charge is -2.39. The van der Waals surface area contributed by atoms with Crippen molar-refractivity contribution in [1.29, 1.82) is 0 Å². The highest BCUT2D eigenvalue weighted by Gasteiger charge is 2.35. The number of pyridine rings is 1. The van der Waals surface area contributed by atoms with Crippen LogP contribution in [0.3, 0.4) is 0 Å². The fourth-order valence-electron chi connectivity index (χ4n) is 6.01. The van der Waals surface area contributed by atoms with Crippen LogP contribution in [0.2, 0.25) is 0 Å². The van der Waals surface area contributed by atoms with Gasteiger partial charge in [0.1, 0.15) is 6.04 Å². The zero-order valence-electron chi connectivity index (χ0n) is 24.8. The maximum Gasteiger partial charge on any atom is 0.254 e. The van der Waals surface area contributed by atoms with Crippen molar-refractivity contribution in [2.45, 2.75) is 31.4 Å². The van der Waals surface area contributed by atoms with Gasteiger partial charge in [0.05, 0.1) is 11.3 Å². The SMILES string of the molecule is CNC(=O)C1CN(C)CCN1C(=O)c1ccc(Nc2nc3c(N4CCC(O)(c5ccc(C)cc5)CC4)cccn3n2)cc1. The van der Waals surface area contributed by atoms with E-state index in [0.29, 0.717) is 57.1 Å². The van der Waals surface area contributed by atoms with Crippen molar-refractivity contribution >= 4 is 34.8 Å². The summed E-state index contributed by atoms with van der Waals surface area (Å²) in [5, 5.41) is 21.9. The third kappa shape index (κ3) is 5.78. The number of nitrogens with zero attached hydrogens (tertiary/aromatic N) is 6. The summed E-state index contributed by atoms with van der Waals surface area (Å²) in [5.41, 5.74) is 4.27. The monoisotopic (exact) mass is 582 g/mol. The molecule has 1 atom stereocenters. The van der Waals surface area contributed by atoms with E-state index >= 15 is 0 Å². The molecule has 2 aliphatic rings. The Balaban J connectivity index is 1.14. The van der Waals surface area contributed by atoms with Crippen LogP contribution in [0.5, 0.6) is 0 Å². The molecule has 0 bridgehead atoms. The number of hydrogen-bond donors (Lipinski definition) is 3. The Morgan fingerprint density at radius 1 is 0.977 bits per heavy atom. The number of piperidine rings is 1. The second-order valence-corrected chi connectivity index (χ2v) is 11.6. The number of likely N-dealkylation sites (N-methyl/N-ethyl adjacent to an activating group) is 2. The minimum atomic E-state index is -0.836. The molecule has 6 rings (SSSR count). The Morgan fingerprint density at radius 2 is 1.70 bits per heavy atom. The quantitative estimate of drug-likeness (QED) is 0.318. The topological polar surface area (TPSA) is 118 Å². The molecule has 0 saturated carbocycles. The van der Waals surface area contributed by atoms with Crippen molar-refractivity contribution in [2.24, 2.45) is 0 Å². The van der Waals surface area contributed by atoms with Gasteiger partial charge in [-0.25, -0.2) is 4.52 Å². The molecule has 11 nitrogen and oxygen atoms in total. The van der Waals surface area contributed by atoms with Crippen LogP contribution in [0.25, 0.3) is 5.65 Å². The van der Waals surface area contributed by atoms with Crippen molar-refractivity contribution in [3.63, 3.8) is 0 Å². The normalized spacial score (nSPS) is 18.9. The first-order chi connectivity index (χ1) is 20.7. The number of aryl methyl sites for hydroxylation is 1. The number of nitrogens with one attached hydrogen (secondary N) is 2. The van der Waals surface area contributed by atoms with Crippen molar-refractivity contribution in [3.8, 4) is 0 Å². The highest BCUT2D eigenvalue weighted by Crippen LogP contribution is 2.35. The smallest absolute Gasteiger partial charge is 0.254 e. The minimum Gasteiger partial charge on any atom is -0.385 e. The molecule has 4 heterocycles. The first-order valence-electron chi connectivity index (χ1n) is 14.7. The Morgan fingerprint density at radius 3 is 2.40 bits per heavy atom. The molecule has 0 aliphatic carbocycles. The van der Waals surface area contributed by atoms with Gasteiger partial charge in [0, 0.05) is 57.2 Å². The Bertz CT molecular complexity index is 1610. The van der Waals surface area contributed by atoms with Crippen molar-refractivity contribution in [2.75, 3.05) is 57.0 Å².